The van der Waals surface area contributed by atoms with Crippen LogP contribution in [0.5, 0.6) is 0 Å². The highest BCUT2D eigenvalue weighted by Crippen LogP contribution is 2.18. The highest BCUT2D eigenvalue weighted by Gasteiger charge is 2.23. The Morgan fingerprint density at radius 3 is 2.39 bits per heavy atom. The maximum atomic E-state index is 12.3. The van der Waals surface area contributed by atoms with Gasteiger partial charge in [0.2, 0.25) is 10.0 Å². The third-order valence-electron chi connectivity index (χ3n) is 3.80. The molecule has 0 radical (unpaired) electrons. The van der Waals surface area contributed by atoms with Crippen LogP contribution in [0.2, 0.25) is 0 Å². The highest BCUT2D eigenvalue weighted by molar-refractivity contribution is 7.89. The fourth-order valence-corrected chi connectivity index (χ4v) is 3.89. The molecular formula is C17H21N7O3S. The Kier molecular flexibility index (Phi) is 5.85. The number of rotatable bonds is 8. The molecule has 148 valence electrons. The van der Waals surface area contributed by atoms with Crippen LogP contribution in [-0.2, 0) is 10.0 Å². The van der Waals surface area contributed by atoms with Gasteiger partial charge >= 0.3 is 0 Å². The lowest BCUT2D eigenvalue weighted by atomic mass is 10.3. The van der Waals surface area contributed by atoms with E-state index in [1.54, 1.807) is 32.2 Å². The minimum absolute atomic E-state index is 0.0764. The number of aromatic nitrogens is 4. The lowest BCUT2D eigenvalue weighted by Crippen LogP contribution is -2.29. The molecule has 3 N–H and O–H groups in total. The van der Waals surface area contributed by atoms with Crippen LogP contribution >= 0.6 is 0 Å². The van der Waals surface area contributed by atoms with Crippen molar-refractivity contribution in [2.45, 2.75) is 25.7 Å². The second-order valence-electron chi connectivity index (χ2n) is 6.13. The van der Waals surface area contributed by atoms with Crippen molar-refractivity contribution >= 4 is 27.5 Å². The van der Waals surface area contributed by atoms with Gasteiger partial charge in [-0.05, 0) is 50.6 Å². The van der Waals surface area contributed by atoms with Gasteiger partial charge < -0.3 is 15.2 Å². The summed E-state index contributed by atoms with van der Waals surface area (Å²) in [5, 5.41) is 17.9. The van der Waals surface area contributed by atoms with E-state index in [1.165, 1.54) is 0 Å². The molecule has 0 aliphatic heterocycles. The number of nitrogens with zero attached hydrogens (tertiary/aromatic N) is 4. The fraction of sp³-hybridized carbons (Fsp3) is 0.294. The molecule has 0 bridgehead atoms. The summed E-state index contributed by atoms with van der Waals surface area (Å²) in [4.78, 5) is 4.28. The molecule has 0 aliphatic rings. The summed E-state index contributed by atoms with van der Waals surface area (Å²) in [7, 11) is -3.68. The fourth-order valence-electron chi connectivity index (χ4n) is 2.54. The Hall–Kier alpha value is -3.05. The van der Waals surface area contributed by atoms with E-state index in [0.29, 0.717) is 29.7 Å². The lowest BCUT2D eigenvalue weighted by Gasteiger charge is -2.08. The number of pyridine rings is 1. The van der Waals surface area contributed by atoms with E-state index in [-0.39, 0.29) is 17.2 Å². The van der Waals surface area contributed by atoms with Crippen LogP contribution in [0, 0.1) is 20.8 Å². The average Bonchev–Trinajstić information content (AvgIpc) is 2.99. The molecule has 0 unspecified atom stereocenters. The van der Waals surface area contributed by atoms with Crippen LogP contribution in [0.15, 0.2) is 39.9 Å². The molecule has 28 heavy (non-hydrogen) atoms. The second kappa shape index (κ2) is 8.31. The van der Waals surface area contributed by atoms with E-state index in [4.69, 9.17) is 4.52 Å². The Morgan fingerprint density at radius 1 is 1.00 bits per heavy atom. The van der Waals surface area contributed by atoms with Crippen molar-refractivity contribution in [1.29, 1.82) is 0 Å². The van der Waals surface area contributed by atoms with Crippen LogP contribution in [0.1, 0.15) is 17.0 Å². The van der Waals surface area contributed by atoms with E-state index in [9.17, 15) is 8.42 Å². The van der Waals surface area contributed by atoms with Gasteiger partial charge in [0.15, 0.2) is 11.6 Å². The summed E-state index contributed by atoms with van der Waals surface area (Å²) >= 11 is 0. The minimum atomic E-state index is -3.68. The predicted octanol–water partition coefficient (Wildman–Crippen LogP) is 1.92. The van der Waals surface area contributed by atoms with Crippen LogP contribution < -0.4 is 15.4 Å². The number of hydrogen-bond donors (Lipinski definition) is 3. The first-order valence-corrected chi connectivity index (χ1v) is 10.0. The zero-order chi connectivity index (χ0) is 20.1. The van der Waals surface area contributed by atoms with Gasteiger partial charge in [-0.15, -0.1) is 10.2 Å². The molecule has 3 rings (SSSR count). The molecule has 0 fully saturated rings. The molecule has 0 spiro atoms. The molecule has 0 atom stereocenters. The molecule has 0 aromatic carbocycles. The van der Waals surface area contributed by atoms with Crippen molar-refractivity contribution in [2.75, 3.05) is 23.7 Å². The molecule has 0 amide bonds. The molecule has 10 nitrogen and oxygen atoms in total. The summed E-state index contributed by atoms with van der Waals surface area (Å²) in [5.41, 5.74) is 1.41. The van der Waals surface area contributed by atoms with Crippen molar-refractivity contribution in [3.8, 4) is 0 Å². The summed E-state index contributed by atoms with van der Waals surface area (Å²) in [5.74, 6) is 2.03. The van der Waals surface area contributed by atoms with Gasteiger partial charge in [0.05, 0.1) is 0 Å². The molecular weight excluding hydrogens is 382 g/mol. The summed E-state index contributed by atoms with van der Waals surface area (Å²) in [6.45, 7) is 5.63. The van der Waals surface area contributed by atoms with Crippen molar-refractivity contribution in [1.82, 2.24) is 25.1 Å². The van der Waals surface area contributed by atoms with E-state index in [0.717, 1.165) is 5.56 Å². The van der Waals surface area contributed by atoms with Gasteiger partial charge in [-0.2, -0.15) is 0 Å². The number of hydrogen-bond acceptors (Lipinski definition) is 9. The minimum Gasteiger partial charge on any atom is -0.367 e. The Balaban J connectivity index is 1.50. The van der Waals surface area contributed by atoms with Crippen molar-refractivity contribution in [3.63, 3.8) is 0 Å². The Bertz CT molecular complexity index is 1030. The standard InChI is InChI=1S/C17H21N7O3S/c1-11-6-7-18-16(10-11)21-15-5-4-14(22-23-15)19-8-9-20-28(25,26)17-12(2)24-27-13(17)3/h4-7,10,20H,8-9H2,1-3H3,(H,19,22)(H,18,21,23). The molecule has 3 aromatic rings. The summed E-state index contributed by atoms with van der Waals surface area (Å²) in [6, 6.07) is 7.31. The zero-order valence-electron chi connectivity index (χ0n) is 15.7. The first-order chi connectivity index (χ1) is 13.3. The number of aryl methyl sites for hydroxylation is 3. The van der Waals surface area contributed by atoms with Crippen LogP contribution in [-0.4, -0.2) is 41.8 Å². The topological polar surface area (TPSA) is 135 Å². The third kappa shape index (κ3) is 4.81. The van der Waals surface area contributed by atoms with Gasteiger partial charge in [0.25, 0.3) is 0 Å². The number of nitrogens with one attached hydrogen (secondary N) is 3. The first-order valence-electron chi connectivity index (χ1n) is 8.55. The predicted molar refractivity (Wildman–Crippen MR) is 104 cm³/mol. The summed E-state index contributed by atoms with van der Waals surface area (Å²) in [6.07, 6.45) is 1.71. The highest BCUT2D eigenvalue weighted by atomic mass is 32.2. The molecule has 0 saturated carbocycles. The van der Waals surface area contributed by atoms with E-state index >= 15 is 0 Å². The van der Waals surface area contributed by atoms with Crippen LogP contribution in [0.4, 0.5) is 17.5 Å². The van der Waals surface area contributed by atoms with E-state index < -0.39 is 10.0 Å². The van der Waals surface area contributed by atoms with Crippen molar-refractivity contribution in [2.24, 2.45) is 0 Å². The van der Waals surface area contributed by atoms with Crippen molar-refractivity contribution in [3.05, 3.63) is 47.5 Å². The number of anilines is 3. The quantitative estimate of drug-likeness (QED) is 0.482. The van der Waals surface area contributed by atoms with Gasteiger partial charge in [0, 0.05) is 19.3 Å². The maximum Gasteiger partial charge on any atom is 0.246 e. The maximum absolute atomic E-state index is 12.3. The van der Waals surface area contributed by atoms with Gasteiger partial charge in [-0.1, -0.05) is 5.16 Å². The normalized spacial score (nSPS) is 11.4. The largest absolute Gasteiger partial charge is 0.367 e. The molecule has 11 heteroatoms. The Labute approximate surface area is 162 Å². The SMILES string of the molecule is Cc1ccnc(Nc2ccc(NCCNS(=O)(=O)c3c(C)noc3C)nn2)c1. The van der Waals surface area contributed by atoms with Gasteiger partial charge in [-0.25, -0.2) is 18.1 Å². The summed E-state index contributed by atoms with van der Waals surface area (Å²) < 4.78 is 32.0. The molecule has 3 aromatic heterocycles. The average molecular weight is 403 g/mol. The van der Waals surface area contributed by atoms with Crippen LogP contribution in [0.25, 0.3) is 0 Å². The number of sulfonamides is 1. The molecule has 3 heterocycles. The molecule has 0 aliphatic carbocycles. The van der Waals surface area contributed by atoms with Gasteiger partial charge in [-0.3, -0.25) is 0 Å². The monoisotopic (exact) mass is 403 g/mol. The van der Waals surface area contributed by atoms with E-state index in [2.05, 4.69) is 35.7 Å². The second-order valence-corrected chi connectivity index (χ2v) is 7.83. The molecule has 0 saturated heterocycles. The van der Waals surface area contributed by atoms with E-state index in [1.807, 2.05) is 19.1 Å². The lowest BCUT2D eigenvalue weighted by molar-refractivity contribution is 0.390. The third-order valence-corrected chi connectivity index (χ3v) is 5.50. The van der Waals surface area contributed by atoms with Crippen LogP contribution in [0.3, 0.4) is 0 Å². The Morgan fingerprint density at radius 2 is 1.75 bits per heavy atom. The first kappa shape index (κ1) is 19.7. The van der Waals surface area contributed by atoms with Crippen molar-refractivity contribution < 1.29 is 12.9 Å². The zero-order valence-corrected chi connectivity index (χ0v) is 16.5. The van der Waals surface area contributed by atoms with Gasteiger partial charge in [0.1, 0.15) is 22.2 Å². The smallest absolute Gasteiger partial charge is 0.246 e.